The molecule has 6 nitrogen and oxygen atoms in total. The van der Waals surface area contributed by atoms with Crippen molar-refractivity contribution in [3.05, 3.63) is 11.9 Å². The van der Waals surface area contributed by atoms with E-state index in [1.54, 1.807) is 14.2 Å². The molecule has 1 aliphatic rings. The molecule has 1 heterocycles. The van der Waals surface area contributed by atoms with E-state index in [1.807, 2.05) is 6.07 Å². The predicted molar refractivity (Wildman–Crippen MR) is 83.6 cm³/mol. The molecule has 0 atom stereocenters. The number of methoxy groups -OCH3 is 2. The van der Waals surface area contributed by atoms with Crippen LogP contribution in [0.5, 0.6) is 0 Å². The van der Waals surface area contributed by atoms with Gasteiger partial charge in [-0.1, -0.05) is 0 Å². The van der Waals surface area contributed by atoms with Gasteiger partial charge in [-0.3, -0.25) is 0 Å². The molecule has 21 heavy (non-hydrogen) atoms. The Morgan fingerprint density at radius 1 is 1.14 bits per heavy atom. The van der Waals surface area contributed by atoms with Crippen molar-refractivity contribution in [3.8, 4) is 0 Å². The number of hydrogen-bond acceptors (Lipinski definition) is 6. The minimum absolute atomic E-state index is 0.390. The lowest BCUT2D eigenvalue weighted by atomic mass is 10.0. The van der Waals surface area contributed by atoms with Crippen molar-refractivity contribution >= 4 is 11.6 Å². The highest BCUT2D eigenvalue weighted by Gasteiger charge is 2.41. The van der Waals surface area contributed by atoms with E-state index in [0.29, 0.717) is 17.8 Å². The molecule has 1 saturated carbocycles. The Bertz CT molecular complexity index is 425. The molecule has 0 radical (unpaired) electrons. The predicted octanol–water partition coefficient (Wildman–Crippen LogP) is 2.28. The molecule has 1 aliphatic carbocycles. The molecule has 1 aromatic heterocycles. The maximum absolute atomic E-state index is 5.19. The highest BCUT2D eigenvalue weighted by molar-refractivity contribution is 5.47. The number of rotatable bonds is 10. The van der Waals surface area contributed by atoms with Gasteiger partial charge in [-0.2, -0.15) is 0 Å². The summed E-state index contributed by atoms with van der Waals surface area (Å²) >= 11 is 0. The number of nitrogens with zero attached hydrogens (tertiary/aromatic N) is 2. The molecule has 118 valence electrons. The first-order valence-corrected chi connectivity index (χ1v) is 7.55. The van der Waals surface area contributed by atoms with Gasteiger partial charge < -0.3 is 20.1 Å². The van der Waals surface area contributed by atoms with E-state index >= 15 is 0 Å². The lowest BCUT2D eigenvalue weighted by Crippen LogP contribution is -2.18. The summed E-state index contributed by atoms with van der Waals surface area (Å²) in [5.74, 6) is 2.39. The zero-order chi connectivity index (χ0) is 15.1. The van der Waals surface area contributed by atoms with Gasteiger partial charge in [0.15, 0.2) is 5.82 Å². The molecule has 0 aromatic carbocycles. The van der Waals surface area contributed by atoms with E-state index in [1.165, 1.54) is 12.8 Å². The van der Waals surface area contributed by atoms with Crippen LogP contribution in [0.4, 0.5) is 11.6 Å². The molecule has 0 bridgehead atoms. The summed E-state index contributed by atoms with van der Waals surface area (Å²) in [5.41, 5.74) is 0.390. The van der Waals surface area contributed by atoms with Crippen LogP contribution in [0.1, 0.15) is 32.0 Å². The van der Waals surface area contributed by atoms with Crippen molar-refractivity contribution in [1.82, 2.24) is 9.97 Å². The summed E-state index contributed by atoms with van der Waals surface area (Å²) in [6.07, 6.45) is 3.63. The van der Waals surface area contributed by atoms with Gasteiger partial charge in [0, 0.05) is 40.0 Å². The zero-order valence-electron chi connectivity index (χ0n) is 13.2. The third-order valence-corrected chi connectivity index (χ3v) is 3.84. The van der Waals surface area contributed by atoms with Gasteiger partial charge in [0.1, 0.15) is 18.2 Å². The molecule has 2 N–H and O–H groups in total. The molecule has 0 spiro atoms. The smallest absolute Gasteiger partial charge is 0.158 e. The summed E-state index contributed by atoms with van der Waals surface area (Å²) < 4.78 is 10.3. The average molecular weight is 294 g/mol. The topological polar surface area (TPSA) is 68.3 Å². The average Bonchev–Trinajstić information content (AvgIpc) is 3.24. The van der Waals surface area contributed by atoms with Crippen molar-refractivity contribution in [3.63, 3.8) is 0 Å². The fraction of sp³-hybridized carbons (Fsp3) is 0.733. The van der Waals surface area contributed by atoms with E-state index in [0.717, 1.165) is 37.8 Å². The van der Waals surface area contributed by atoms with Crippen LogP contribution in [0.2, 0.25) is 0 Å². The lowest BCUT2D eigenvalue weighted by Gasteiger charge is -2.17. The van der Waals surface area contributed by atoms with Gasteiger partial charge in [-0.15, -0.1) is 0 Å². The molecule has 0 saturated heterocycles. The molecule has 1 fully saturated rings. The third kappa shape index (κ3) is 4.82. The number of ether oxygens (including phenoxy) is 2. The Hall–Kier alpha value is -1.40. The van der Waals surface area contributed by atoms with Crippen LogP contribution in [0.15, 0.2) is 6.07 Å². The molecular weight excluding hydrogens is 268 g/mol. The summed E-state index contributed by atoms with van der Waals surface area (Å²) in [4.78, 5) is 8.91. The van der Waals surface area contributed by atoms with Crippen LogP contribution in [0.3, 0.4) is 0 Å². The van der Waals surface area contributed by atoms with Gasteiger partial charge in [0.2, 0.25) is 0 Å². The minimum atomic E-state index is 0.390. The molecular formula is C15H26N4O2. The Labute approximate surface area is 126 Å². The van der Waals surface area contributed by atoms with Crippen molar-refractivity contribution < 1.29 is 9.47 Å². The normalized spacial score (nSPS) is 15.8. The van der Waals surface area contributed by atoms with Crippen LogP contribution >= 0.6 is 0 Å². The highest BCUT2D eigenvalue weighted by Crippen LogP contribution is 2.48. The lowest BCUT2D eigenvalue weighted by molar-refractivity contribution is 0.174. The van der Waals surface area contributed by atoms with E-state index in [-0.39, 0.29) is 0 Å². The summed E-state index contributed by atoms with van der Waals surface area (Å²) in [7, 11) is 3.41. The summed E-state index contributed by atoms with van der Waals surface area (Å²) in [6.45, 7) is 5.06. The third-order valence-electron chi connectivity index (χ3n) is 3.84. The van der Waals surface area contributed by atoms with Crippen molar-refractivity contribution in [2.24, 2.45) is 5.41 Å². The minimum Gasteiger partial charge on any atom is -0.385 e. The second-order valence-electron chi connectivity index (χ2n) is 5.61. The summed E-state index contributed by atoms with van der Waals surface area (Å²) in [5, 5.41) is 6.68. The van der Waals surface area contributed by atoms with E-state index < -0.39 is 0 Å². The maximum Gasteiger partial charge on any atom is 0.158 e. The first-order valence-electron chi connectivity index (χ1n) is 7.55. The first kappa shape index (κ1) is 16.0. The fourth-order valence-electron chi connectivity index (χ4n) is 2.34. The zero-order valence-corrected chi connectivity index (χ0v) is 13.2. The first-order chi connectivity index (χ1) is 10.2. The van der Waals surface area contributed by atoms with Gasteiger partial charge in [-0.25, -0.2) is 9.97 Å². The van der Waals surface area contributed by atoms with Crippen LogP contribution in [-0.2, 0) is 16.1 Å². The number of nitrogens with one attached hydrogen (secondary N) is 2. The van der Waals surface area contributed by atoms with Gasteiger partial charge >= 0.3 is 0 Å². The van der Waals surface area contributed by atoms with Crippen LogP contribution in [-0.4, -0.2) is 43.9 Å². The Balaban J connectivity index is 1.98. The SMILES string of the molecule is CCNc1cc(NCC2(CCOC)CC2)nc(COC)n1. The van der Waals surface area contributed by atoms with Gasteiger partial charge in [-0.05, 0) is 31.6 Å². The van der Waals surface area contributed by atoms with Crippen LogP contribution < -0.4 is 10.6 Å². The second kappa shape index (κ2) is 7.56. The second-order valence-corrected chi connectivity index (χ2v) is 5.61. The summed E-state index contributed by atoms with van der Waals surface area (Å²) in [6, 6.07) is 1.95. The quantitative estimate of drug-likeness (QED) is 0.690. The van der Waals surface area contributed by atoms with Crippen LogP contribution in [0.25, 0.3) is 0 Å². The standard InChI is InChI=1S/C15H26N4O2/c1-4-16-12-9-13(19-14(18-12)10-21-3)17-11-15(5-6-15)7-8-20-2/h9H,4-8,10-11H2,1-3H3,(H2,16,17,18,19). The van der Waals surface area contributed by atoms with Crippen molar-refractivity contribution in [1.29, 1.82) is 0 Å². The van der Waals surface area contributed by atoms with Crippen molar-refractivity contribution in [2.45, 2.75) is 32.8 Å². The van der Waals surface area contributed by atoms with Gasteiger partial charge in [0.25, 0.3) is 0 Å². The van der Waals surface area contributed by atoms with Crippen molar-refractivity contribution in [2.75, 3.05) is 44.5 Å². The van der Waals surface area contributed by atoms with Gasteiger partial charge in [0.05, 0.1) is 0 Å². The number of aromatic nitrogens is 2. The van der Waals surface area contributed by atoms with Crippen LogP contribution in [0, 0.1) is 5.41 Å². The maximum atomic E-state index is 5.19. The molecule has 1 aromatic rings. The number of anilines is 2. The largest absolute Gasteiger partial charge is 0.385 e. The molecule has 0 unspecified atom stereocenters. The van der Waals surface area contributed by atoms with E-state index in [9.17, 15) is 0 Å². The number of hydrogen-bond donors (Lipinski definition) is 2. The van der Waals surface area contributed by atoms with E-state index in [4.69, 9.17) is 9.47 Å². The molecule has 6 heteroatoms. The van der Waals surface area contributed by atoms with E-state index in [2.05, 4.69) is 27.5 Å². The Morgan fingerprint density at radius 3 is 2.43 bits per heavy atom. The molecule has 0 amide bonds. The molecule has 2 rings (SSSR count). The Morgan fingerprint density at radius 2 is 1.86 bits per heavy atom. The highest BCUT2D eigenvalue weighted by atomic mass is 16.5. The fourth-order valence-corrected chi connectivity index (χ4v) is 2.34. The monoisotopic (exact) mass is 294 g/mol. The Kier molecular flexibility index (Phi) is 5.76. The molecule has 0 aliphatic heterocycles.